The maximum Gasteiger partial charge on any atom is 0.246 e. The molecule has 0 aromatic carbocycles. The highest BCUT2D eigenvalue weighted by molar-refractivity contribution is 7.49. The van der Waals surface area contributed by atoms with Crippen molar-refractivity contribution in [1.29, 1.82) is 0 Å². The van der Waals surface area contributed by atoms with Crippen LogP contribution in [0.3, 0.4) is 0 Å². The largest absolute Gasteiger partial charge is 0.463 e. The van der Waals surface area contributed by atoms with Crippen molar-refractivity contribution >= 4 is 19.5 Å². The molecule has 184 valence electrons. The van der Waals surface area contributed by atoms with Gasteiger partial charge in [0.25, 0.3) is 0 Å². The van der Waals surface area contributed by atoms with Crippen LogP contribution in [0.2, 0.25) is 0 Å². The Bertz CT molecular complexity index is 949. The zero-order valence-electron chi connectivity index (χ0n) is 20.4. The molecule has 3 rings (SSSR count). The Morgan fingerprint density at radius 1 is 1.27 bits per heavy atom. The van der Waals surface area contributed by atoms with Gasteiger partial charge in [0.05, 0.1) is 12.4 Å². The Kier molecular flexibility index (Phi) is 9.63. The first-order valence-electron chi connectivity index (χ1n) is 11.3. The van der Waals surface area contributed by atoms with Gasteiger partial charge in [-0.3, -0.25) is 9.24 Å². The van der Waals surface area contributed by atoms with Crippen LogP contribution in [-0.4, -0.2) is 61.8 Å². The monoisotopic (exact) mass is 477 g/mol. The predicted molar refractivity (Wildman–Crippen MR) is 134 cm³/mol. The van der Waals surface area contributed by atoms with E-state index in [0.717, 1.165) is 6.42 Å². The van der Waals surface area contributed by atoms with E-state index < -0.39 is 8.30 Å². The van der Waals surface area contributed by atoms with E-state index in [9.17, 15) is 0 Å². The molecule has 33 heavy (non-hydrogen) atoms. The van der Waals surface area contributed by atoms with Gasteiger partial charge in [-0.05, 0) is 47.7 Å². The van der Waals surface area contributed by atoms with Crippen LogP contribution in [0.5, 0.6) is 5.88 Å². The fourth-order valence-electron chi connectivity index (χ4n) is 4.56. The summed E-state index contributed by atoms with van der Waals surface area (Å²) < 4.78 is 23.3. The topological polar surface area (TPSA) is 74.5 Å². The highest BCUT2D eigenvalue weighted by Crippen LogP contribution is 2.49. The van der Waals surface area contributed by atoms with Gasteiger partial charge in [0.1, 0.15) is 20.2 Å². The highest BCUT2D eigenvalue weighted by Gasteiger charge is 2.45. The number of fused-ring (bicyclic) bond motifs is 1. The molecule has 1 aliphatic heterocycles. The number of aromatic nitrogens is 4. The van der Waals surface area contributed by atoms with Crippen molar-refractivity contribution in [1.82, 2.24) is 24.2 Å². The molecule has 0 saturated carbocycles. The van der Waals surface area contributed by atoms with Gasteiger partial charge in [0.15, 0.2) is 24.0 Å². The summed E-state index contributed by atoms with van der Waals surface area (Å²) in [7, 11) is -0.811. The van der Waals surface area contributed by atoms with Crippen LogP contribution in [0.1, 0.15) is 67.4 Å². The van der Waals surface area contributed by atoms with Gasteiger partial charge in [-0.15, -0.1) is 6.42 Å². The minimum Gasteiger partial charge on any atom is -0.463 e. The molecule has 0 amide bonds. The standard InChI is InChI=1S/C23H36N5O3P.CH4/c1-10-12-29-22-19-21(25-17(8)26-22)27(13-24-19)23-20(16(7)18(11-2)30-23)31-32(9)28(14(3)4)15(5)6;/h1,13-16,18,20,23H,11-12H2,2-9H3;1H4/t16-,18+,20?,23+,32?;/m0./s1. The summed E-state index contributed by atoms with van der Waals surface area (Å²) in [5.41, 5.74) is 1.24. The fourth-order valence-corrected chi connectivity index (χ4v) is 6.62. The van der Waals surface area contributed by atoms with E-state index >= 15 is 0 Å². The summed E-state index contributed by atoms with van der Waals surface area (Å²) in [5.74, 6) is 3.68. The van der Waals surface area contributed by atoms with Crippen molar-refractivity contribution in [2.45, 2.75) is 92.8 Å². The molecule has 2 unspecified atom stereocenters. The van der Waals surface area contributed by atoms with Gasteiger partial charge in [-0.1, -0.05) is 27.2 Å². The Balaban J connectivity index is 0.00000385. The highest BCUT2D eigenvalue weighted by atomic mass is 31.2. The molecule has 8 nitrogen and oxygen atoms in total. The third-order valence-corrected chi connectivity index (χ3v) is 7.95. The Labute approximate surface area is 200 Å². The average Bonchev–Trinajstić information content (AvgIpc) is 3.26. The zero-order chi connectivity index (χ0) is 23.6. The molecule has 1 aliphatic rings. The second kappa shape index (κ2) is 11.6. The van der Waals surface area contributed by atoms with E-state index in [2.05, 4.69) is 73.8 Å². The third-order valence-electron chi connectivity index (χ3n) is 5.83. The van der Waals surface area contributed by atoms with Gasteiger partial charge in [-0.25, -0.2) is 9.97 Å². The summed E-state index contributed by atoms with van der Waals surface area (Å²) in [5, 5.41) is 0. The third kappa shape index (κ3) is 5.66. The molecule has 5 atom stereocenters. The van der Waals surface area contributed by atoms with Crippen molar-refractivity contribution in [2.75, 3.05) is 13.3 Å². The molecule has 1 fully saturated rings. The van der Waals surface area contributed by atoms with E-state index in [1.807, 2.05) is 11.5 Å². The minimum absolute atomic E-state index is 0. The van der Waals surface area contributed by atoms with Crippen molar-refractivity contribution in [2.24, 2.45) is 5.92 Å². The summed E-state index contributed by atoms with van der Waals surface area (Å²) in [6.45, 7) is 17.3. The van der Waals surface area contributed by atoms with E-state index in [-0.39, 0.29) is 38.4 Å². The van der Waals surface area contributed by atoms with Gasteiger partial charge in [-0.2, -0.15) is 4.98 Å². The van der Waals surface area contributed by atoms with Crippen LogP contribution in [0.25, 0.3) is 11.2 Å². The Morgan fingerprint density at radius 3 is 2.52 bits per heavy atom. The molecule has 2 aromatic heterocycles. The van der Waals surface area contributed by atoms with Crippen molar-refractivity contribution in [3.8, 4) is 18.2 Å². The van der Waals surface area contributed by atoms with Crippen LogP contribution >= 0.6 is 8.30 Å². The van der Waals surface area contributed by atoms with Crippen LogP contribution in [0.4, 0.5) is 0 Å². The number of aryl methyl sites for hydroxylation is 1. The molecule has 0 radical (unpaired) electrons. The molecule has 0 aliphatic carbocycles. The number of hydrogen-bond acceptors (Lipinski definition) is 7. The number of ether oxygens (including phenoxy) is 2. The molecular formula is C24H40N5O3P. The zero-order valence-corrected chi connectivity index (χ0v) is 21.3. The minimum atomic E-state index is -0.811. The average molecular weight is 478 g/mol. The first-order valence-corrected chi connectivity index (χ1v) is 13.0. The van der Waals surface area contributed by atoms with Crippen LogP contribution < -0.4 is 4.74 Å². The van der Waals surface area contributed by atoms with Gasteiger partial charge >= 0.3 is 0 Å². The maximum absolute atomic E-state index is 6.77. The molecule has 3 heterocycles. The second-order valence-corrected chi connectivity index (χ2v) is 10.4. The lowest BCUT2D eigenvalue weighted by Crippen LogP contribution is -2.35. The lowest BCUT2D eigenvalue weighted by molar-refractivity contribution is -0.0287. The number of nitrogens with zero attached hydrogens (tertiary/aromatic N) is 5. The fraction of sp³-hybridized carbons (Fsp3) is 0.708. The van der Waals surface area contributed by atoms with Gasteiger partial charge in [0, 0.05) is 18.0 Å². The summed E-state index contributed by atoms with van der Waals surface area (Å²) >= 11 is 0. The van der Waals surface area contributed by atoms with Crippen LogP contribution in [0, 0.1) is 25.2 Å². The first kappa shape index (κ1) is 27.5. The quantitative estimate of drug-likeness (QED) is 0.364. The van der Waals surface area contributed by atoms with E-state index in [4.69, 9.17) is 20.4 Å². The Morgan fingerprint density at radius 2 is 1.94 bits per heavy atom. The van der Waals surface area contributed by atoms with Crippen molar-refractivity contribution in [3.63, 3.8) is 0 Å². The van der Waals surface area contributed by atoms with Crippen molar-refractivity contribution < 1.29 is 14.0 Å². The smallest absolute Gasteiger partial charge is 0.246 e. The number of hydrogen-bond donors (Lipinski definition) is 0. The molecular weight excluding hydrogens is 437 g/mol. The first-order chi connectivity index (χ1) is 15.2. The molecule has 9 heteroatoms. The van der Waals surface area contributed by atoms with E-state index in [0.29, 0.717) is 35.0 Å². The van der Waals surface area contributed by atoms with Crippen molar-refractivity contribution in [3.05, 3.63) is 12.2 Å². The maximum atomic E-state index is 6.77. The summed E-state index contributed by atoms with van der Waals surface area (Å²) in [4.78, 5) is 13.6. The molecule has 0 spiro atoms. The second-order valence-electron chi connectivity index (χ2n) is 8.83. The lowest BCUT2D eigenvalue weighted by Gasteiger charge is -2.37. The van der Waals surface area contributed by atoms with E-state index in [1.165, 1.54) is 0 Å². The number of imidazole rings is 1. The molecule has 2 aromatic rings. The normalized spacial score (nSPS) is 23.8. The van der Waals surface area contributed by atoms with E-state index in [1.54, 1.807) is 6.33 Å². The summed E-state index contributed by atoms with van der Waals surface area (Å²) in [6, 6.07) is 0.786. The Hall–Kier alpha value is -1.78. The predicted octanol–water partition coefficient (Wildman–Crippen LogP) is 5.17. The van der Waals surface area contributed by atoms with Gasteiger partial charge < -0.3 is 14.0 Å². The van der Waals surface area contributed by atoms with Crippen LogP contribution in [-0.2, 0) is 9.26 Å². The molecule has 1 saturated heterocycles. The van der Waals surface area contributed by atoms with Crippen LogP contribution in [0.15, 0.2) is 6.33 Å². The lowest BCUT2D eigenvalue weighted by atomic mass is 9.99. The molecule has 0 bridgehead atoms. The number of terminal acetylenes is 1. The number of rotatable bonds is 9. The van der Waals surface area contributed by atoms with Gasteiger partial charge in [0.2, 0.25) is 5.88 Å². The summed E-state index contributed by atoms with van der Waals surface area (Å²) in [6.07, 6.45) is 7.65. The SMILES string of the molecule is C.C#CCOc1nc(C)nc2c1ncn2[C@@H]1O[C@H](CC)[C@H](C)C1OP(C)N(C(C)C)C(C)C. The molecule has 0 N–H and O–H groups in total.